The van der Waals surface area contributed by atoms with Crippen LogP contribution in [0.1, 0.15) is 11.1 Å². The quantitative estimate of drug-likeness (QED) is 0.860. The maximum Gasteiger partial charge on any atom is 0.208 e. The SMILES string of the molecule is CN(C)c1nnc(SCc2ccc(CN)cc2Cl)s1. The van der Waals surface area contributed by atoms with Crippen molar-refractivity contribution in [2.75, 3.05) is 19.0 Å². The fourth-order valence-corrected chi connectivity index (χ4v) is 3.53. The summed E-state index contributed by atoms with van der Waals surface area (Å²) in [6.45, 7) is 0.510. The summed E-state index contributed by atoms with van der Waals surface area (Å²) in [5, 5.41) is 9.91. The first kappa shape index (κ1) is 14.6. The van der Waals surface area contributed by atoms with E-state index < -0.39 is 0 Å². The number of rotatable bonds is 5. The van der Waals surface area contributed by atoms with Crippen LogP contribution in [0.4, 0.5) is 5.13 Å². The molecule has 7 heteroatoms. The van der Waals surface area contributed by atoms with Gasteiger partial charge in [-0.25, -0.2) is 0 Å². The van der Waals surface area contributed by atoms with Crippen molar-refractivity contribution >= 4 is 39.8 Å². The Balaban J connectivity index is 2.01. The van der Waals surface area contributed by atoms with Gasteiger partial charge in [0.1, 0.15) is 0 Å². The van der Waals surface area contributed by atoms with E-state index in [1.165, 1.54) is 0 Å². The highest BCUT2D eigenvalue weighted by molar-refractivity contribution is 8.00. The molecule has 19 heavy (non-hydrogen) atoms. The molecule has 0 aliphatic carbocycles. The third-order valence-corrected chi connectivity index (χ3v) is 5.11. The maximum absolute atomic E-state index is 6.22. The minimum atomic E-state index is 0.510. The van der Waals surface area contributed by atoms with Crippen LogP contribution < -0.4 is 10.6 Å². The first-order valence-corrected chi connectivity index (χ1v) is 7.89. The number of aromatic nitrogens is 2. The monoisotopic (exact) mass is 314 g/mol. The lowest BCUT2D eigenvalue weighted by atomic mass is 10.1. The van der Waals surface area contributed by atoms with E-state index >= 15 is 0 Å². The number of nitrogens with two attached hydrogens (primary N) is 1. The molecule has 1 heterocycles. The van der Waals surface area contributed by atoms with E-state index in [4.69, 9.17) is 17.3 Å². The topological polar surface area (TPSA) is 55.0 Å². The molecule has 1 aromatic heterocycles. The lowest BCUT2D eigenvalue weighted by molar-refractivity contribution is 0.972. The second kappa shape index (κ2) is 6.56. The summed E-state index contributed by atoms with van der Waals surface area (Å²) in [4.78, 5) is 1.95. The van der Waals surface area contributed by atoms with Crippen molar-refractivity contribution in [3.05, 3.63) is 34.3 Å². The smallest absolute Gasteiger partial charge is 0.208 e. The molecule has 102 valence electrons. The Kier molecular flexibility index (Phi) is 5.04. The molecule has 2 aromatic rings. The second-order valence-corrected chi connectivity index (χ2v) is 6.75. The van der Waals surface area contributed by atoms with Gasteiger partial charge in [0.25, 0.3) is 0 Å². The lowest BCUT2D eigenvalue weighted by Gasteiger charge is -2.05. The van der Waals surface area contributed by atoms with Gasteiger partial charge in [-0.3, -0.25) is 0 Å². The minimum Gasteiger partial charge on any atom is -0.353 e. The zero-order valence-electron chi connectivity index (χ0n) is 10.8. The summed E-state index contributed by atoms with van der Waals surface area (Å²) in [6, 6.07) is 5.95. The van der Waals surface area contributed by atoms with Crippen molar-refractivity contribution in [1.82, 2.24) is 10.2 Å². The molecule has 0 saturated carbocycles. The lowest BCUT2D eigenvalue weighted by Crippen LogP contribution is -2.07. The van der Waals surface area contributed by atoms with Crippen molar-refractivity contribution < 1.29 is 0 Å². The van der Waals surface area contributed by atoms with Gasteiger partial charge in [-0.2, -0.15) is 0 Å². The van der Waals surface area contributed by atoms with E-state index in [0.29, 0.717) is 6.54 Å². The largest absolute Gasteiger partial charge is 0.353 e. The van der Waals surface area contributed by atoms with Crippen LogP contribution in [-0.4, -0.2) is 24.3 Å². The van der Waals surface area contributed by atoms with Crippen LogP contribution in [0.25, 0.3) is 0 Å². The van der Waals surface area contributed by atoms with Crippen LogP contribution in [-0.2, 0) is 12.3 Å². The number of benzene rings is 1. The minimum absolute atomic E-state index is 0.510. The number of halogens is 1. The summed E-state index contributed by atoms with van der Waals surface area (Å²) in [5.41, 5.74) is 7.71. The van der Waals surface area contributed by atoms with E-state index in [9.17, 15) is 0 Å². The molecule has 0 bridgehead atoms. The Labute approximate surface area is 126 Å². The van der Waals surface area contributed by atoms with E-state index in [0.717, 1.165) is 31.4 Å². The molecule has 0 saturated heterocycles. The first-order valence-electron chi connectivity index (χ1n) is 5.71. The normalized spacial score (nSPS) is 10.7. The van der Waals surface area contributed by atoms with Crippen LogP contribution in [0.15, 0.2) is 22.5 Å². The Morgan fingerprint density at radius 1 is 1.37 bits per heavy atom. The number of hydrogen-bond donors (Lipinski definition) is 1. The van der Waals surface area contributed by atoms with E-state index in [1.54, 1.807) is 23.1 Å². The molecule has 0 unspecified atom stereocenters. The van der Waals surface area contributed by atoms with Crippen molar-refractivity contribution in [1.29, 1.82) is 0 Å². The Bertz CT molecular complexity index is 556. The molecular formula is C12H15ClN4S2. The average molecular weight is 315 g/mol. The predicted molar refractivity (Wildman–Crippen MR) is 83.1 cm³/mol. The van der Waals surface area contributed by atoms with Gasteiger partial charge in [-0.05, 0) is 17.2 Å². The maximum atomic E-state index is 6.22. The number of thioether (sulfide) groups is 1. The molecule has 0 atom stereocenters. The van der Waals surface area contributed by atoms with Crippen molar-refractivity contribution in [3.63, 3.8) is 0 Å². The van der Waals surface area contributed by atoms with E-state index in [1.807, 2.05) is 37.2 Å². The third-order valence-electron chi connectivity index (χ3n) is 2.48. The van der Waals surface area contributed by atoms with Gasteiger partial charge in [0.2, 0.25) is 5.13 Å². The third kappa shape index (κ3) is 3.82. The first-order chi connectivity index (χ1) is 9.10. The number of hydrogen-bond acceptors (Lipinski definition) is 6. The summed E-state index contributed by atoms with van der Waals surface area (Å²) < 4.78 is 0.947. The van der Waals surface area contributed by atoms with E-state index in [2.05, 4.69) is 10.2 Å². The van der Waals surface area contributed by atoms with Gasteiger partial charge in [0.15, 0.2) is 4.34 Å². The highest BCUT2D eigenvalue weighted by atomic mass is 35.5. The zero-order chi connectivity index (χ0) is 13.8. The van der Waals surface area contributed by atoms with Crippen LogP contribution in [0.3, 0.4) is 0 Å². The van der Waals surface area contributed by atoms with Gasteiger partial charge in [0, 0.05) is 31.4 Å². The molecular weight excluding hydrogens is 300 g/mol. The molecule has 0 aliphatic rings. The average Bonchev–Trinajstić information content (AvgIpc) is 2.86. The summed E-state index contributed by atoms with van der Waals surface area (Å²) in [7, 11) is 3.91. The Hall–Kier alpha value is -0.820. The Morgan fingerprint density at radius 3 is 2.74 bits per heavy atom. The molecule has 0 fully saturated rings. The van der Waals surface area contributed by atoms with Crippen LogP contribution in [0.2, 0.25) is 5.02 Å². The van der Waals surface area contributed by atoms with Gasteiger partial charge in [0.05, 0.1) is 0 Å². The molecule has 2 rings (SSSR count). The van der Waals surface area contributed by atoms with Gasteiger partial charge in [-0.15, -0.1) is 10.2 Å². The highest BCUT2D eigenvalue weighted by Gasteiger charge is 2.08. The van der Waals surface area contributed by atoms with Crippen molar-refractivity contribution in [2.24, 2.45) is 5.73 Å². The molecule has 4 nitrogen and oxygen atoms in total. The number of anilines is 1. The van der Waals surface area contributed by atoms with Crippen LogP contribution in [0.5, 0.6) is 0 Å². The molecule has 1 aromatic carbocycles. The Morgan fingerprint density at radius 2 is 2.16 bits per heavy atom. The van der Waals surface area contributed by atoms with Gasteiger partial charge < -0.3 is 10.6 Å². The summed E-state index contributed by atoms with van der Waals surface area (Å²) in [6.07, 6.45) is 0. The summed E-state index contributed by atoms with van der Waals surface area (Å²) in [5.74, 6) is 0.783. The van der Waals surface area contributed by atoms with E-state index in [-0.39, 0.29) is 0 Å². The fraction of sp³-hybridized carbons (Fsp3) is 0.333. The standard InChI is InChI=1S/C12H15ClN4S2/c1-17(2)11-15-16-12(19-11)18-7-9-4-3-8(6-14)5-10(9)13/h3-5H,6-7,14H2,1-2H3. The molecule has 0 spiro atoms. The van der Waals surface area contributed by atoms with Crippen LogP contribution in [0, 0.1) is 0 Å². The van der Waals surface area contributed by atoms with Gasteiger partial charge >= 0.3 is 0 Å². The molecule has 0 aliphatic heterocycles. The van der Waals surface area contributed by atoms with Gasteiger partial charge in [-0.1, -0.05) is 46.8 Å². The van der Waals surface area contributed by atoms with Crippen molar-refractivity contribution in [2.45, 2.75) is 16.6 Å². The molecule has 0 amide bonds. The number of nitrogens with zero attached hydrogens (tertiary/aromatic N) is 3. The molecule has 2 N–H and O–H groups in total. The van der Waals surface area contributed by atoms with Crippen LogP contribution >= 0.6 is 34.7 Å². The fourth-order valence-electron chi connectivity index (χ4n) is 1.42. The highest BCUT2D eigenvalue weighted by Crippen LogP contribution is 2.31. The zero-order valence-corrected chi connectivity index (χ0v) is 13.1. The predicted octanol–water partition coefficient (Wildman–Crippen LogP) is 3.01. The molecule has 0 radical (unpaired) electrons. The van der Waals surface area contributed by atoms with Crippen molar-refractivity contribution in [3.8, 4) is 0 Å². The second-order valence-electron chi connectivity index (χ2n) is 4.16. The summed E-state index contributed by atoms with van der Waals surface area (Å²) >= 11 is 9.44.